The zero-order valence-corrected chi connectivity index (χ0v) is 19.0. The summed E-state index contributed by atoms with van der Waals surface area (Å²) in [4.78, 5) is 6.53. The van der Waals surface area contributed by atoms with E-state index < -0.39 is 28.4 Å². The van der Waals surface area contributed by atoms with E-state index in [-0.39, 0.29) is 22.8 Å². The summed E-state index contributed by atoms with van der Waals surface area (Å²) in [6.45, 7) is 3.78. The summed E-state index contributed by atoms with van der Waals surface area (Å²) < 4.78 is 57.1. The number of fused-ring (bicyclic) bond motifs is 2. The Labute approximate surface area is 189 Å². The number of pyridine rings is 1. The van der Waals surface area contributed by atoms with E-state index in [1.807, 2.05) is 24.8 Å². The molecule has 0 unspecified atom stereocenters. The molecule has 0 saturated carbocycles. The Morgan fingerprint density at radius 2 is 1.97 bits per heavy atom. The highest BCUT2D eigenvalue weighted by Gasteiger charge is 2.42. The summed E-state index contributed by atoms with van der Waals surface area (Å²) in [5, 5.41) is 12.5. The average molecular weight is 476 g/mol. The molecule has 1 atom stereocenters. The molecule has 1 fully saturated rings. The van der Waals surface area contributed by atoms with Gasteiger partial charge in [0, 0.05) is 24.0 Å². The fourth-order valence-corrected chi connectivity index (χ4v) is 5.47. The van der Waals surface area contributed by atoms with Gasteiger partial charge in [0.05, 0.1) is 46.2 Å². The largest absolute Gasteiger partial charge is 0.486 e. The fraction of sp³-hybridized carbons (Fsp3) is 0.409. The standard InChI is InChI=1S/C22H23F2N5O3S/c1-13(16-4-3-5-18-20(16)32-12-22(18,23)24)26-21-17-10-15(11-25-19(17)14(2)27-28-21)29-6-8-33(30,31)9-7-29/h3-5,10-11,13H,6-9,12H2,1-2H3,(H,26,28)/t13-/m1/s1. The third kappa shape index (κ3) is 3.94. The van der Waals surface area contributed by atoms with Crippen LogP contribution in [0.5, 0.6) is 5.75 Å². The van der Waals surface area contributed by atoms with Crippen molar-refractivity contribution in [2.24, 2.45) is 0 Å². The van der Waals surface area contributed by atoms with E-state index >= 15 is 0 Å². The molecule has 5 rings (SSSR count). The summed E-state index contributed by atoms with van der Waals surface area (Å²) >= 11 is 0. The van der Waals surface area contributed by atoms with E-state index in [1.54, 1.807) is 18.3 Å². The molecule has 0 spiro atoms. The molecule has 1 saturated heterocycles. The summed E-state index contributed by atoms with van der Waals surface area (Å²) in [5.41, 5.74) is 2.60. The molecular weight excluding hydrogens is 452 g/mol. The number of aryl methyl sites for hydroxylation is 1. The van der Waals surface area contributed by atoms with Crippen LogP contribution in [0.3, 0.4) is 0 Å². The number of hydrogen-bond donors (Lipinski definition) is 1. The Morgan fingerprint density at radius 1 is 1.21 bits per heavy atom. The van der Waals surface area contributed by atoms with Crippen molar-refractivity contribution in [2.45, 2.75) is 25.8 Å². The van der Waals surface area contributed by atoms with Gasteiger partial charge in [-0.25, -0.2) is 8.42 Å². The lowest BCUT2D eigenvalue weighted by Gasteiger charge is -2.28. The van der Waals surface area contributed by atoms with Crippen LogP contribution in [0.4, 0.5) is 20.3 Å². The highest BCUT2D eigenvalue weighted by molar-refractivity contribution is 7.91. The number of hydrogen-bond acceptors (Lipinski definition) is 8. The number of anilines is 2. The smallest absolute Gasteiger partial charge is 0.310 e. The lowest BCUT2D eigenvalue weighted by atomic mass is 10.0. The maximum absolute atomic E-state index is 14.1. The van der Waals surface area contributed by atoms with Gasteiger partial charge in [-0.2, -0.15) is 13.9 Å². The van der Waals surface area contributed by atoms with Crippen molar-refractivity contribution in [1.82, 2.24) is 15.2 Å². The van der Waals surface area contributed by atoms with Crippen molar-refractivity contribution >= 4 is 32.2 Å². The first-order valence-corrected chi connectivity index (χ1v) is 12.5. The predicted molar refractivity (Wildman–Crippen MR) is 121 cm³/mol. The van der Waals surface area contributed by atoms with Gasteiger partial charge in [-0.1, -0.05) is 12.1 Å². The van der Waals surface area contributed by atoms with Gasteiger partial charge in [0.2, 0.25) is 0 Å². The zero-order valence-electron chi connectivity index (χ0n) is 18.2. The number of ether oxygens (including phenoxy) is 1. The Balaban J connectivity index is 1.49. The van der Waals surface area contributed by atoms with Crippen LogP contribution in [-0.2, 0) is 15.8 Å². The summed E-state index contributed by atoms with van der Waals surface area (Å²) in [6.07, 6.45) is 1.71. The fourth-order valence-electron chi connectivity index (χ4n) is 4.27. The molecule has 2 aromatic heterocycles. The maximum atomic E-state index is 14.1. The molecule has 0 radical (unpaired) electrons. The second kappa shape index (κ2) is 7.75. The maximum Gasteiger partial charge on any atom is 0.310 e. The van der Waals surface area contributed by atoms with Crippen molar-refractivity contribution in [3.8, 4) is 5.75 Å². The van der Waals surface area contributed by atoms with Gasteiger partial charge >= 0.3 is 5.92 Å². The Bertz CT molecular complexity index is 1340. The van der Waals surface area contributed by atoms with Gasteiger partial charge in [-0.05, 0) is 26.0 Å². The van der Waals surface area contributed by atoms with Gasteiger partial charge in [-0.15, -0.1) is 5.10 Å². The van der Waals surface area contributed by atoms with E-state index in [2.05, 4.69) is 20.5 Å². The molecule has 4 heterocycles. The molecule has 1 N–H and O–H groups in total. The van der Waals surface area contributed by atoms with Crippen LogP contribution in [0.2, 0.25) is 0 Å². The van der Waals surface area contributed by atoms with Gasteiger partial charge < -0.3 is 15.0 Å². The lowest BCUT2D eigenvalue weighted by Crippen LogP contribution is -2.40. The van der Waals surface area contributed by atoms with Gasteiger partial charge in [-0.3, -0.25) is 4.98 Å². The third-order valence-electron chi connectivity index (χ3n) is 6.14. The number of sulfone groups is 1. The summed E-state index contributed by atoms with van der Waals surface area (Å²) in [5.74, 6) is -2.15. The molecule has 2 aliphatic rings. The first kappa shape index (κ1) is 21.7. The van der Waals surface area contributed by atoms with Crippen LogP contribution in [-0.4, -0.2) is 54.8 Å². The normalized spacial score (nSPS) is 19.7. The molecule has 2 aliphatic heterocycles. The monoisotopic (exact) mass is 475 g/mol. The lowest BCUT2D eigenvalue weighted by molar-refractivity contribution is -0.0214. The Morgan fingerprint density at radius 3 is 2.73 bits per heavy atom. The molecular formula is C22H23F2N5O3S. The summed E-state index contributed by atoms with van der Waals surface area (Å²) in [7, 11) is -3.00. The first-order chi connectivity index (χ1) is 15.6. The molecule has 0 amide bonds. The van der Waals surface area contributed by atoms with E-state index in [9.17, 15) is 17.2 Å². The van der Waals surface area contributed by atoms with Gasteiger partial charge in [0.1, 0.15) is 5.75 Å². The van der Waals surface area contributed by atoms with Crippen molar-refractivity contribution in [3.05, 3.63) is 47.3 Å². The number of alkyl halides is 2. The van der Waals surface area contributed by atoms with Crippen LogP contribution in [0.25, 0.3) is 10.9 Å². The minimum absolute atomic E-state index is 0.102. The van der Waals surface area contributed by atoms with Crippen molar-refractivity contribution in [1.29, 1.82) is 0 Å². The van der Waals surface area contributed by atoms with E-state index in [1.165, 1.54) is 6.07 Å². The molecule has 0 bridgehead atoms. The van der Waals surface area contributed by atoms with Crippen molar-refractivity contribution in [3.63, 3.8) is 0 Å². The average Bonchev–Trinajstić information content (AvgIpc) is 3.10. The zero-order chi connectivity index (χ0) is 23.4. The van der Waals surface area contributed by atoms with Crippen LogP contribution < -0.4 is 15.0 Å². The number of para-hydroxylation sites is 1. The highest BCUT2D eigenvalue weighted by atomic mass is 32.2. The highest BCUT2D eigenvalue weighted by Crippen LogP contribution is 2.45. The van der Waals surface area contributed by atoms with Crippen LogP contribution in [0.1, 0.15) is 29.8 Å². The Hall–Kier alpha value is -3.08. The number of halogens is 2. The SMILES string of the molecule is Cc1nnc(N[C@H](C)c2cccc3c2OCC3(F)F)c2cc(N3CCS(=O)(=O)CC3)cnc12. The van der Waals surface area contributed by atoms with Crippen LogP contribution in [0.15, 0.2) is 30.5 Å². The molecule has 8 nitrogen and oxygen atoms in total. The number of benzene rings is 1. The van der Waals surface area contributed by atoms with Crippen LogP contribution in [0, 0.1) is 6.92 Å². The molecule has 174 valence electrons. The minimum atomic E-state index is -3.01. The molecule has 11 heteroatoms. The quantitative estimate of drug-likeness (QED) is 0.614. The van der Waals surface area contributed by atoms with Gasteiger partial charge in [0.25, 0.3) is 0 Å². The second-order valence-corrected chi connectivity index (χ2v) is 10.7. The number of nitrogens with one attached hydrogen (secondary N) is 1. The second-order valence-electron chi connectivity index (χ2n) is 8.45. The van der Waals surface area contributed by atoms with E-state index in [0.717, 1.165) is 11.1 Å². The molecule has 33 heavy (non-hydrogen) atoms. The van der Waals surface area contributed by atoms with E-state index in [0.29, 0.717) is 35.7 Å². The molecule has 3 aromatic rings. The van der Waals surface area contributed by atoms with Crippen LogP contribution >= 0.6 is 0 Å². The predicted octanol–water partition coefficient (Wildman–Crippen LogP) is 3.23. The van der Waals surface area contributed by atoms with E-state index in [4.69, 9.17) is 4.74 Å². The number of rotatable bonds is 4. The molecule has 1 aromatic carbocycles. The van der Waals surface area contributed by atoms with Gasteiger partial charge in [0.15, 0.2) is 22.3 Å². The number of nitrogens with zero attached hydrogens (tertiary/aromatic N) is 4. The Kier molecular flexibility index (Phi) is 5.11. The van der Waals surface area contributed by atoms with Crippen molar-refractivity contribution < 1.29 is 21.9 Å². The molecule has 0 aliphatic carbocycles. The first-order valence-electron chi connectivity index (χ1n) is 10.6. The third-order valence-corrected chi connectivity index (χ3v) is 7.75. The number of aromatic nitrogens is 3. The van der Waals surface area contributed by atoms with Crippen molar-refractivity contribution in [2.75, 3.05) is 41.4 Å². The summed E-state index contributed by atoms with van der Waals surface area (Å²) in [6, 6.07) is 6.25. The topological polar surface area (TPSA) is 97.3 Å². The minimum Gasteiger partial charge on any atom is -0.486 e.